The van der Waals surface area contributed by atoms with Gasteiger partial charge in [0.15, 0.2) is 0 Å². The molecule has 0 unspecified atom stereocenters. The average molecular weight is 190 g/mol. The van der Waals surface area contributed by atoms with Gasteiger partial charge in [0.25, 0.3) is 0 Å². The number of rotatable bonds is 1. The third-order valence-electron chi connectivity index (χ3n) is 4.57. The van der Waals surface area contributed by atoms with Gasteiger partial charge in [-0.25, -0.2) is 0 Å². The van der Waals surface area contributed by atoms with Gasteiger partial charge in [-0.2, -0.15) is 0 Å². The Morgan fingerprint density at radius 2 is 1.67 bits per heavy atom. The number of nitrogens with one attached hydrogen (secondary N) is 1. The van der Waals surface area contributed by atoms with Gasteiger partial charge in [-0.05, 0) is 44.1 Å². The van der Waals surface area contributed by atoms with Crippen LogP contribution in [0.1, 0.15) is 39.5 Å². The third-order valence-corrected chi connectivity index (χ3v) is 4.57. The van der Waals surface area contributed by atoms with Crippen molar-refractivity contribution in [1.82, 2.24) is 5.32 Å². The summed E-state index contributed by atoms with van der Waals surface area (Å²) in [6.45, 7) is 4.88. The molecule has 2 fully saturated rings. The Labute approximate surface area is 81.7 Å². The largest absolute Gasteiger partial charge is 0.314 e. The maximum atomic E-state index is 3.56. The van der Waals surface area contributed by atoms with Crippen LogP contribution in [0.5, 0.6) is 0 Å². The minimum absolute atomic E-state index is 0. The normalized spacial score (nSPS) is 42.8. The van der Waals surface area contributed by atoms with Crippen molar-refractivity contribution in [3.05, 3.63) is 0 Å². The van der Waals surface area contributed by atoms with Gasteiger partial charge in [0.2, 0.25) is 0 Å². The van der Waals surface area contributed by atoms with E-state index < -0.39 is 0 Å². The van der Waals surface area contributed by atoms with Crippen LogP contribution in [-0.4, -0.2) is 12.6 Å². The van der Waals surface area contributed by atoms with Crippen LogP contribution < -0.4 is 5.32 Å². The zero-order valence-corrected chi connectivity index (χ0v) is 9.13. The average Bonchev–Trinajstić information content (AvgIpc) is 2.39. The predicted octanol–water partition coefficient (Wildman–Crippen LogP) is 2.60. The first-order chi connectivity index (χ1) is 5.12. The van der Waals surface area contributed by atoms with Crippen molar-refractivity contribution in [3.63, 3.8) is 0 Å². The van der Waals surface area contributed by atoms with Gasteiger partial charge in [0.1, 0.15) is 0 Å². The van der Waals surface area contributed by atoms with E-state index in [1.165, 1.54) is 25.7 Å². The Morgan fingerprint density at radius 1 is 1.17 bits per heavy atom. The predicted molar refractivity (Wildman–Crippen MR) is 54.8 cm³/mol. The number of hydrogen-bond acceptors (Lipinski definition) is 1. The topological polar surface area (TPSA) is 12.0 Å². The molecule has 0 aromatic rings. The Kier molecular flexibility index (Phi) is 2.48. The second-order valence-electron chi connectivity index (χ2n) is 4.83. The molecule has 0 aromatic carbocycles. The van der Waals surface area contributed by atoms with Crippen LogP contribution in [0.25, 0.3) is 0 Å². The molecule has 2 heteroatoms. The molecule has 2 aliphatic rings. The molecule has 12 heavy (non-hydrogen) atoms. The van der Waals surface area contributed by atoms with Crippen molar-refractivity contribution in [3.8, 4) is 0 Å². The van der Waals surface area contributed by atoms with E-state index in [1.54, 1.807) is 0 Å². The maximum absolute atomic E-state index is 3.56. The molecule has 0 spiro atoms. The quantitative estimate of drug-likeness (QED) is 0.669. The fourth-order valence-corrected chi connectivity index (χ4v) is 3.44. The Hall–Kier alpha value is 0.250. The molecule has 0 radical (unpaired) electrons. The molecule has 0 amide bonds. The van der Waals surface area contributed by atoms with Crippen molar-refractivity contribution in [2.75, 3.05) is 7.05 Å². The molecule has 2 saturated carbocycles. The smallest absolute Gasteiger partial charge is 0.0232 e. The number of fused-ring (bicyclic) bond motifs is 2. The van der Waals surface area contributed by atoms with Gasteiger partial charge >= 0.3 is 0 Å². The van der Waals surface area contributed by atoms with Crippen LogP contribution >= 0.6 is 12.4 Å². The number of hydrogen-bond donors (Lipinski definition) is 1. The molecule has 0 heterocycles. The summed E-state index contributed by atoms with van der Waals surface area (Å²) in [6, 6.07) is 0. The Balaban J connectivity index is 0.000000720. The van der Waals surface area contributed by atoms with Crippen molar-refractivity contribution >= 4 is 12.4 Å². The summed E-state index contributed by atoms with van der Waals surface area (Å²) in [5.74, 6) is 0.995. The first-order valence-corrected chi connectivity index (χ1v) is 4.81. The van der Waals surface area contributed by atoms with E-state index in [2.05, 4.69) is 26.2 Å². The first kappa shape index (κ1) is 10.3. The zero-order valence-electron chi connectivity index (χ0n) is 8.31. The van der Waals surface area contributed by atoms with Crippen molar-refractivity contribution in [1.29, 1.82) is 0 Å². The first-order valence-electron chi connectivity index (χ1n) is 4.81. The lowest BCUT2D eigenvalue weighted by Gasteiger charge is -2.37. The van der Waals surface area contributed by atoms with E-state index in [0.717, 1.165) is 5.92 Å². The highest BCUT2D eigenvalue weighted by atomic mass is 35.5. The van der Waals surface area contributed by atoms with E-state index in [9.17, 15) is 0 Å². The van der Waals surface area contributed by atoms with Crippen LogP contribution in [0.4, 0.5) is 0 Å². The molecule has 0 atom stereocenters. The summed E-state index contributed by atoms with van der Waals surface area (Å²) in [6.07, 6.45) is 5.71. The highest BCUT2D eigenvalue weighted by Crippen LogP contribution is 2.59. The van der Waals surface area contributed by atoms with Gasteiger partial charge < -0.3 is 5.32 Å². The highest BCUT2D eigenvalue weighted by molar-refractivity contribution is 5.85. The van der Waals surface area contributed by atoms with E-state index in [-0.39, 0.29) is 12.4 Å². The third kappa shape index (κ3) is 0.958. The Bertz CT molecular complexity index is 169. The molecule has 1 nitrogen and oxygen atoms in total. The molecule has 2 rings (SSSR count). The molecule has 1 N–H and O–H groups in total. The van der Waals surface area contributed by atoms with Gasteiger partial charge in [0.05, 0.1) is 0 Å². The Morgan fingerprint density at radius 3 is 1.83 bits per heavy atom. The molecule has 0 aliphatic heterocycles. The van der Waals surface area contributed by atoms with Crippen molar-refractivity contribution in [2.45, 2.75) is 45.1 Å². The highest BCUT2D eigenvalue weighted by Gasteiger charge is 2.57. The molecule has 2 aliphatic carbocycles. The summed E-state index contributed by atoms with van der Waals surface area (Å²) in [7, 11) is 2.13. The van der Waals surface area contributed by atoms with Gasteiger partial charge in [-0.1, -0.05) is 13.8 Å². The second kappa shape index (κ2) is 2.88. The minimum Gasteiger partial charge on any atom is -0.314 e. The van der Waals surface area contributed by atoms with Crippen LogP contribution in [0, 0.1) is 11.3 Å². The molecular weight excluding hydrogens is 170 g/mol. The van der Waals surface area contributed by atoms with Crippen molar-refractivity contribution < 1.29 is 0 Å². The lowest BCUT2D eigenvalue weighted by Crippen LogP contribution is -2.48. The van der Waals surface area contributed by atoms with Crippen LogP contribution in [-0.2, 0) is 0 Å². The van der Waals surface area contributed by atoms with Crippen LogP contribution in [0.2, 0.25) is 0 Å². The SMILES string of the molecule is CNC12CCC(CC1)C2(C)C.Cl. The van der Waals surface area contributed by atoms with Crippen LogP contribution in [0.15, 0.2) is 0 Å². The second-order valence-corrected chi connectivity index (χ2v) is 4.83. The molecular formula is C10H20ClN. The lowest BCUT2D eigenvalue weighted by atomic mass is 9.76. The monoisotopic (exact) mass is 189 g/mol. The van der Waals surface area contributed by atoms with E-state index in [4.69, 9.17) is 0 Å². The minimum atomic E-state index is 0. The van der Waals surface area contributed by atoms with E-state index in [1.807, 2.05) is 0 Å². The summed E-state index contributed by atoms with van der Waals surface area (Å²) in [5.41, 5.74) is 1.05. The molecule has 2 bridgehead atoms. The summed E-state index contributed by atoms with van der Waals surface area (Å²) in [5, 5.41) is 3.56. The molecule has 0 saturated heterocycles. The zero-order chi connectivity index (χ0) is 8.11. The van der Waals surface area contributed by atoms with Gasteiger partial charge in [-0.15, -0.1) is 12.4 Å². The fourth-order valence-electron chi connectivity index (χ4n) is 3.44. The fraction of sp³-hybridized carbons (Fsp3) is 1.00. The van der Waals surface area contributed by atoms with E-state index in [0.29, 0.717) is 11.0 Å². The van der Waals surface area contributed by atoms with Gasteiger partial charge in [0, 0.05) is 5.54 Å². The maximum Gasteiger partial charge on any atom is 0.0232 e. The number of halogens is 1. The summed E-state index contributed by atoms with van der Waals surface area (Å²) < 4.78 is 0. The molecule has 72 valence electrons. The van der Waals surface area contributed by atoms with Gasteiger partial charge in [-0.3, -0.25) is 0 Å². The lowest BCUT2D eigenvalue weighted by molar-refractivity contribution is 0.183. The standard InChI is InChI=1S/C10H19N.ClH/c1-9(2)8-4-6-10(9,11-3)7-5-8;/h8,11H,4-7H2,1-3H3;1H. The van der Waals surface area contributed by atoms with E-state index >= 15 is 0 Å². The summed E-state index contributed by atoms with van der Waals surface area (Å²) in [4.78, 5) is 0. The molecule has 0 aromatic heterocycles. The van der Waals surface area contributed by atoms with Crippen molar-refractivity contribution in [2.24, 2.45) is 11.3 Å². The van der Waals surface area contributed by atoms with Crippen LogP contribution in [0.3, 0.4) is 0 Å². The summed E-state index contributed by atoms with van der Waals surface area (Å²) >= 11 is 0.